The van der Waals surface area contributed by atoms with Gasteiger partial charge in [-0.2, -0.15) is 0 Å². The number of rotatable bonds is 6. The van der Waals surface area contributed by atoms with Gasteiger partial charge in [0.05, 0.1) is 16.0 Å². The van der Waals surface area contributed by atoms with Gasteiger partial charge in [0.1, 0.15) is 4.88 Å². The minimum Gasteiger partial charge on any atom is -0.410 e. The van der Waals surface area contributed by atoms with Crippen LogP contribution in [0.1, 0.15) is 45.3 Å². The Morgan fingerprint density at radius 3 is 2.25 bits per heavy atom. The van der Waals surface area contributed by atoms with Gasteiger partial charge in [0.2, 0.25) is 5.91 Å². The fourth-order valence-electron chi connectivity index (χ4n) is 2.60. The highest BCUT2D eigenvalue weighted by Crippen LogP contribution is 2.32. The second-order valence-corrected chi connectivity index (χ2v) is 8.71. The van der Waals surface area contributed by atoms with Gasteiger partial charge < -0.3 is 9.32 Å². The van der Waals surface area contributed by atoms with Crippen LogP contribution in [0.3, 0.4) is 0 Å². The lowest BCUT2D eigenvalue weighted by Crippen LogP contribution is -2.45. The third-order valence-corrected chi connectivity index (χ3v) is 5.48. The van der Waals surface area contributed by atoms with Crippen LogP contribution in [0.4, 0.5) is 0 Å². The van der Waals surface area contributed by atoms with Crippen molar-refractivity contribution in [2.45, 2.75) is 71.0 Å². The number of carbonyl (C=O) groups excluding carboxylic acids is 1. The minimum absolute atomic E-state index is 0.0783. The van der Waals surface area contributed by atoms with E-state index in [0.717, 1.165) is 15.6 Å². The smallest absolute Gasteiger partial charge is 0.277 e. The normalized spacial score (nSPS) is 12.9. The van der Waals surface area contributed by atoms with E-state index in [0.29, 0.717) is 11.1 Å². The number of thioether (sulfide) groups is 1. The van der Waals surface area contributed by atoms with Gasteiger partial charge in [-0.3, -0.25) is 4.79 Å². The zero-order chi connectivity index (χ0) is 18.0. The molecule has 0 bridgehead atoms. The van der Waals surface area contributed by atoms with Gasteiger partial charge in [-0.1, -0.05) is 11.8 Å². The summed E-state index contributed by atoms with van der Waals surface area (Å²) in [4.78, 5) is 19.8. The van der Waals surface area contributed by atoms with Crippen molar-refractivity contribution >= 4 is 29.0 Å². The molecule has 24 heavy (non-hydrogen) atoms. The molecule has 0 radical (unpaired) electrons. The highest BCUT2D eigenvalue weighted by atomic mass is 32.2. The zero-order valence-corrected chi connectivity index (χ0v) is 16.8. The Bertz CT molecular complexity index is 701. The van der Waals surface area contributed by atoms with Crippen molar-refractivity contribution in [2.24, 2.45) is 0 Å². The summed E-state index contributed by atoms with van der Waals surface area (Å²) in [6.45, 7) is 13.8. The standard InChI is InChI=1S/C16H24N4O2S2/c1-8(2)20(9(3)4)15(21)11(6)23-16-19-18-14(22-16)13-10(5)17-12(7)24-13/h8-9,11H,1-7H3. The summed E-state index contributed by atoms with van der Waals surface area (Å²) < 4.78 is 5.73. The maximum Gasteiger partial charge on any atom is 0.277 e. The number of thiazole rings is 1. The van der Waals surface area contributed by atoms with Crippen LogP contribution in [-0.4, -0.2) is 43.3 Å². The zero-order valence-electron chi connectivity index (χ0n) is 15.2. The van der Waals surface area contributed by atoms with Crippen molar-refractivity contribution in [1.29, 1.82) is 0 Å². The lowest BCUT2D eigenvalue weighted by Gasteiger charge is -2.32. The molecule has 0 aliphatic rings. The number of hydrogen-bond acceptors (Lipinski definition) is 7. The molecule has 0 N–H and O–H groups in total. The largest absolute Gasteiger partial charge is 0.410 e. The van der Waals surface area contributed by atoms with E-state index in [2.05, 4.69) is 15.2 Å². The molecule has 0 aliphatic carbocycles. The lowest BCUT2D eigenvalue weighted by atomic mass is 10.2. The Labute approximate surface area is 151 Å². The van der Waals surface area contributed by atoms with Crippen LogP contribution in [0.2, 0.25) is 0 Å². The Morgan fingerprint density at radius 2 is 1.75 bits per heavy atom. The molecule has 0 saturated heterocycles. The molecule has 0 fully saturated rings. The van der Waals surface area contributed by atoms with E-state index >= 15 is 0 Å². The molecule has 0 saturated carbocycles. The van der Waals surface area contributed by atoms with Crippen LogP contribution in [0, 0.1) is 13.8 Å². The second-order valence-electron chi connectivity index (χ2n) is 6.21. The third-order valence-electron chi connectivity index (χ3n) is 3.50. The van der Waals surface area contributed by atoms with Crippen molar-refractivity contribution in [3.05, 3.63) is 10.7 Å². The van der Waals surface area contributed by atoms with Crippen molar-refractivity contribution in [3.63, 3.8) is 0 Å². The van der Waals surface area contributed by atoms with Gasteiger partial charge in [0.25, 0.3) is 11.1 Å². The van der Waals surface area contributed by atoms with Crippen molar-refractivity contribution in [1.82, 2.24) is 20.1 Å². The van der Waals surface area contributed by atoms with Crippen molar-refractivity contribution in [3.8, 4) is 10.8 Å². The SMILES string of the molecule is Cc1nc(C)c(-c2nnc(SC(C)C(=O)N(C(C)C)C(C)C)o2)s1. The number of carbonyl (C=O) groups is 1. The van der Waals surface area contributed by atoms with E-state index in [1.54, 1.807) is 0 Å². The molecule has 1 amide bonds. The highest BCUT2D eigenvalue weighted by Gasteiger charge is 2.27. The molecule has 2 aromatic heterocycles. The molecular formula is C16H24N4O2S2. The van der Waals surface area contributed by atoms with E-state index in [4.69, 9.17) is 4.42 Å². The van der Waals surface area contributed by atoms with Gasteiger partial charge in [0, 0.05) is 12.1 Å². The summed E-state index contributed by atoms with van der Waals surface area (Å²) in [5, 5.41) is 9.25. The average molecular weight is 369 g/mol. The van der Waals surface area contributed by atoms with Crippen LogP contribution in [0.15, 0.2) is 9.64 Å². The first-order valence-electron chi connectivity index (χ1n) is 7.97. The molecule has 2 heterocycles. The Kier molecular flexibility index (Phi) is 6.03. The number of aromatic nitrogens is 3. The third kappa shape index (κ3) is 4.16. The number of nitrogens with zero attached hydrogens (tertiary/aromatic N) is 4. The molecule has 0 aliphatic heterocycles. The van der Waals surface area contributed by atoms with Gasteiger partial charge in [-0.05, 0) is 48.5 Å². The first-order chi connectivity index (χ1) is 11.2. The summed E-state index contributed by atoms with van der Waals surface area (Å²) in [7, 11) is 0. The van der Waals surface area contributed by atoms with Crippen LogP contribution in [0.5, 0.6) is 0 Å². The van der Waals surface area contributed by atoms with Gasteiger partial charge in [0.15, 0.2) is 0 Å². The van der Waals surface area contributed by atoms with E-state index in [1.165, 1.54) is 23.1 Å². The summed E-state index contributed by atoms with van der Waals surface area (Å²) in [5.74, 6) is 0.541. The molecular weight excluding hydrogens is 344 g/mol. The monoisotopic (exact) mass is 368 g/mol. The molecule has 0 aromatic carbocycles. The molecule has 0 spiro atoms. The molecule has 1 atom stereocenters. The molecule has 8 heteroatoms. The predicted molar refractivity (Wildman–Crippen MR) is 97.3 cm³/mol. The topological polar surface area (TPSA) is 72.1 Å². The van der Waals surface area contributed by atoms with Crippen LogP contribution in [-0.2, 0) is 4.79 Å². The van der Waals surface area contributed by atoms with Crippen molar-refractivity contribution < 1.29 is 9.21 Å². The minimum atomic E-state index is -0.285. The maximum absolute atomic E-state index is 12.7. The fraction of sp³-hybridized carbons (Fsp3) is 0.625. The summed E-state index contributed by atoms with van der Waals surface area (Å²) in [6, 6.07) is 0.309. The maximum atomic E-state index is 12.7. The highest BCUT2D eigenvalue weighted by molar-refractivity contribution is 8.00. The molecule has 132 valence electrons. The summed E-state index contributed by atoms with van der Waals surface area (Å²) >= 11 is 2.82. The quantitative estimate of drug-likeness (QED) is 0.719. The van der Waals surface area contributed by atoms with Crippen LogP contribution >= 0.6 is 23.1 Å². The average Bonchev–Trinajstić information content (AvgIpc) is 3.04. The first-order valence-corrected chi connectivity index (χ1v) is 9.67. The van der Waals surface area contributed by atoms with E-state index in [9.17, 15) is 4.79 Å². The molecule has 2 aromatic rings. The Hall–Kier alpha value is -1.41. The van der Waals surface area contributed by atoms with Gasteiger partial charge in [-0.25, -0.2) is 4.98 Å². The lowest BCUT2D eigenvalue weighted by molar-refractivity contribution is -0.133. The number of amides is 1. The van der Waals surface area contributed by atoms with Crippen LogP contribution < -0.4 is 0 Å². The summed E-state index contributed by atoms with van der Waals surface area (Å²) in [5.41, 5.74) is 0.882. The second kappa shape index (κ2) is 7.65. The van der Waals surface area contributed by atoms with Crippen molar-refractivity contribution in [2.75, 3.05) is 0 Å². The van der Waals surface area contributed by atoms with Crippen LogP contribution in [0.25, 0.3) is 10.8 Å². The Morgan fingerprint density at radius 1 is 1.12 bits per heavy atom. The fourth-order valence-corrected chi connectivity index (χ4v) is 4.18. The predicted octanol–water partition coefficient (Wildman–Crippen LogP) is 3.94. The summed E-state index contributed by atoms with van der Waals surface area (Å²) in [6.07, 6.45) is 0. The van der Waals surface area contributed by atoms with E-state index < -0.39 is 0 Å². The van der Waals surface area contributed by atoms with E-state index in [1.807, 2.05) is 53.4 Å². The molecule has 1 unspecified atom stereocenters. The first kappa shape index (κ1) is 18.9. The number of aryl methyl sites for hydroxylation is 2. The van der Waals surface area contributed by atoms with E-state index in [-0.39, 0.29) is 23.2 Å². The number of hydrogen-bond donors (Lipinski definition) is 0. The molecule has 6 nitrogen and oxygen atoms in total. The molecule has 2 rings (SSSR count). The van der Waals surface area contributed by atoms with Gasteiger partial charge >= 0.3 is 0 Å². The Balaban J connectivity index is 2.11. The van der Waals surface area contributed by atoms with Gasteiger partial charge in [-0.15, -0.1) is 21.5 Å².